The lowest BCUT2D eigenvalue weighted by atomic mass is 10.3. The van der Waals surface area contributed by atoms with Gasteiger partial charge < -0.3 is 16.6 Å². The highest BCUT2D eigenvalue weighted by Gasteiger charge is 2.08. The Labute approximate surface area is 64.4 Å². The Balaban J connectivity index is 3.61. The van der Waals surface area contributed by atoms with Gasteiger partial charge in [0.1, 0.15) is 6.04 Å². The van der Waals surface area contributed by atoms with Gasteiger partial charge in [0.15, 0.2) is 0 Å². The summed E-state index contributed by atoms with van der Waals surface area (Å²) in [6.45, 7) is 0.0691. The third-order valence-electron chi connectivity index (χ3n) is 0.922. The van der Waals surface area contributed by atoms with Crippen molar-refractivity contribution in [2.24, 2.45) is 16.5 Å². The number of hydrogen-bond donors (Lipinski definition) is 3. The van der Waals surface area contributed by atoms with Crippen LogP contribution in [-0.4, -0.2) is 29.9 Å². The summed E-state index contributed by atoms with van der Waals surface area (Å²) >= 11 is 0. The van der Waals surface area contributed by atoms with Crippen LogP contribution in [0.25, 0.3) is 0 Å². The van der Waals surface area contributed by atoms with E-state index >= 15 is 0 Å². The summed E-state index contributed by atoms with van der Waals surface area (Å²) in [6, 6.07) is -0.933. The number of rotatable bonds is 4. The second kappa shape index (κ2) is 5.43. The van der Waals surface area contributed by atoms with Gasteiger partial charge in [0.05, 0.1) is 6.54 Å². The molecule has 0 aromatic carbocycles. The molecule has 0 bridgehead atoms. The Kier molecular flexibility index (Phi) is 4.76. The van der Waals surface area contributed by atoms with Gasteiger partial charge >= 0.3 is 5.97 Å². The summed E-state index contributed by atoms with van der Waals surface area (Å²) < 4.78 is 0. The summed E-state index contributed by atoms with van der Waals surface area (Å²) in [6.07, 6.45) is 4.20. The molecule has 0 spiro atoms. The molecule has 0 aromatic rings. The van der Waals surface area contributed by atoms with Crippen molar-refractivity contribution in [2.45, 2.75) is 6.04 Å². The second-order valence-corrected chi connectivity index (χ2v) is 1.84. The fourth-order valence-electron chi connectivity index (χ4n) is 0.363. The highest BCUT2D eigenvalue weighted by Crippen LogP contribution is 1.79. The number of carboxylic acid groups (broad SMARTS) is 1. The first-order valence-corrected chi connectivity index (χ1v) is 3.03. The minimum absolute atomic E-state index is 0.0691. The quantitative estimate of drug-likeness (QED) is 0.453. The molecule has 0 rings (SSSR count). The van der Waals surface area contributed by atoms with Gasteiger partial charge in [0.2, 0.25) is 0 Å². The van der Waals surface area contributed by atoms with E-state index in [2.05, 4.69) is 4.99 Å². The molecule has 5 N–H and O–H groups in total. The van der Waals surface area contributed by atoms with Gasteiger partial charge in [0, 0.05) is 6.21 Å². The average Bonchev–Trinajstić information content (AvgIpc) is 1.97. The normalized spacial score (nSPS) is 14.3. The standard InChI is InChI=1S/C6H11N3O2/c7-2-1-3-9-4-5(8)6(10)11/h1-3,5H,4,7-8H2,(H,10,11)/b2-1-,9-3?. The predicted molar refractivity (Wildman–Crippen MR) is 42.3 cm³/mol. The van der Waals surface area contributed by atoms with Crippen LogP contribution in [0, 0.1) is 0 Å². The van der Waals surface area contributed by atoms with E-state index in [0.717, 1.165) is 0 Å². The van der Waals surface area contributed by atoms with E-state index in [9.17, 15) is 4.79 Å². The number of aliphatic carboxylic acids is 1. The Morgan fingerprint density at radius 3 is 2.82 bits per heavy atom. The predicted octanol–water partition coefficient (Wildman–Crippen LogP) is -1.06. The smallest absolute Gasteiger partial charge is 0.322 e. The third-order valence-corrected chi connectivity index (χ3v) is 0.922. The van der Waals surface area contributed by atoms with Crippen LogP contribution < -0.4 is 11.5 Å². The van der Waals surface area contributed by atoms with E-state index in [0.29, 0.717) is 0 Å². The Hall–Kier alpha value is -1.36. The molecule has 0 aliphatic rings. The van der Waals surface area contributed by atoms with E-state index in [1.165, 1.54) is 18.5 Å². The van der Waals surface area contributed by atoms with Crippen molar-refractivity contribution in [3.8, 4) is 0 Å². The zero-order valence-electron chi connectivity index (χ0n) is 5.97. The monoisotopic (exact) mass is 157 g/mol. The summed E-state index contributed by atoms with van der Waals surface area (Å²) in [7, 11) is 0. The van der Waals surface area contributed by atoms with Crippen molar-refractivity contribution in [1.82, 2.24) is 0 Å². The summed E-state index contributed by atoms with van der Waals surface area (Å²) in [4.78, 5) is 13.8. The Bertz CT molecular complexity index is 177. The number of hydrogen-bond acceptors (Lipinski definition) is 4. The first-order valence-electron chi connectivity index (χ1n) is 3.03. The Morgan fingerprint density at radius 2 is 2.36 bits per heavy atom. The molecule has 0 aliphatic heterocycles. The molecule has 1 atom stereocenters. The topological polar surface area (TPSA) is 102 Å². The van der Waals surface area contributed by atoms with E-state index < -0.39 is 12.0 Å². The number of aliphatic imine (C=N–C) groups is 1. The fraction of sp³-hybridized carbons (Fsp3) is 0.333. The number of allylic oxidation sites excluding steroid dienone is 1. The number of carbonyl (C=O) groups is 1. The summed E-state index contributed by atoms with van der Waals surface area (Å²) in [5.41, 5.74) is 10.1. The molecule has 11 heavy (non-hydrogen) atoms. The largest absolute Gasteiger partial charge is 0.480 e. The summed E-state index contributed by atoms with van der Waals surface area (Å²) in [5.74, 6) is -1.06. The van der Waals surface area contributed by atoms with Gasteiger partial charge in [-0.2, -0.15) is 0 Å². The van der Waals surface area contributed by atoms with Crippen LogP contribution in [0.4, 0.5) is 0 Å². The molecule has 0 saturated heterocycles. The maximum atomic E-state index is 10.1. The SMILES string of the molecule is N/C=C\C=NCC(N)C(=O)O. The van der Waals surface area contributed by atoms with Crippen molar-refractivity contribution in [2.75, 3.05) is 6.54 Å². The lowest BCUT2D eigenvalue weighted by Gasteiger charge is -1.98. The molecular formula is C6H11N3O2. The second-order valence-electron chi connectivity index (χ2n) is 1.84. The van der Waals surface area contributed by atoms with Gasteiger partial charge in [-0.05, 0) is 12.3 Å². The zero-order chi connectivity index (χ0) is 8.69. The van der Waals surface area contributed by atoms with Gasteiger partial charge in [-0.15, -0.1) is 0 Å². The first-order chi connectivity index (χ1) is 5.18. The van der Waals surface area contributed by atoms with Crippen LogP contribution in [0.3, 0.4) is 0 Å². The molecule has 5 heteroatoms. The molecule has 0 radical (unpaired) electrons. The Morgan fingerprint density at radius 1 is 1.73 bits per heavy atom. The molecule has 0 fully saturated rings. The van der Waals surface area contributed by atoms with Crippen LogP contribution in [0.5, 0.6) is 0 Å². The van der Waals surface area contributed by atoms with Crippen molar-refractivity contribution >= 4 is 12.2 Å². The third kappa shape index (κ3) is 5.10. The zero-order valence-corrected chi connectivity index (χ0v) is 5.97. The van der Waals surface area contributed by atoms with E-state index in [1.807, 2.05) is 0 Å². The van der Waals surface area contributed by atoms with Crippen LogP contribution in [-0.2, 0) is 4.79 Å². The molecular weight excluding hydrogens is 146 g/mol. The number of nitrogens with two attached hydrogens (primary N) is 2. The maximum absolute atomic E-state index is 10.1. The van der Waals surface area contributed by atoms with Crippen molar-refractivity contribution in [3.63, 3.8) is 0 Å². The molecule has 5 nitrogen and oxygen atoms in total. The molecule has 1 unspecified atom stereocenters. The van der Waals surface area contributed by atoms with Crippen molar-refractivity contribution in [1.29, 1.82) is 0 Å². The van der Waals surface area contributed by atoms with E-state index in [-0.39, 0.29) is 6.54 Å². The van der Waals surface area contributed by atoms with Crippen LogP contribution in [0.2, 0.25) is 0 Å². The van der Waals surface area contributed by atoms with Crippen LogP contribution >= 0.6 is 0 Å². The minimum Gasteiger partial charge on any atom is -0.480 e. The fourth-order valence-corrected chi connectivity index (χ4v) is 0.363. The molecule has 62 valence electrons. The van der Waals surface area contributed by atoms with E-state index in [4.69, 9.17) is 16.6 Å². The lowest BCUT2D eigenvalue weighted by molar-refractivity contribution is -0.138. The van der Waals surface area contributed by atoms with Gasteiger partial charge in [0.25, 0.3) is 0 Å². The lowest BCUT2D eigenvalue weighted by Crippen LogP contribution is -2.32. The van der Waals surface area contributed by atoms with Gasteiger partial charge in [-0.3, -0.25) is 9.79 Å². The van der Waals surface area contributed by atoms with Crippen molar-refractivity contribution < 1.29 is 9.90 Å². The minimum atomic E-state index is -1.06. The van der Waals surface area contributed by atoms with Crippen molar-refractivity contribution in [3.05, 3.63) is 12.3 Å². The van der Waals surface area contributed by atoms with Crippen LogP contribution in [0.1, 0.15) is 0 Å². The first kappa shape index (κ1) is 9.64. The molecule has 0 aliphatic carbocycles. The molecule has 0 amide bonds. The molecule has 0 aromatic heterocycles. The van der Waals surface area contributed by atoms with Crippen LogP contribution in [0.15, 0.2) is 17.3 Å². The van der Waals surface area contributed by atoms with Gasteiger partial charge in [-0.1, -0.05) is 0 Å². The maximum Gasteiger partial charge on any atom is 0.322 e. The molecule has 0 saturated carbocycles. The number of nitrogens with zero attached hydrogens (tertiary/aromatic N) is 1. The molecule has 0 heterocycles. The van der Waals surface area contributed by atoms with E-state index in [1.54, 1.807) is 0 Å². The summed E-state index contributed by atoms with van der Waals surface area (Å²) in [5, 5.41) is 8.30. The highest BCUT2D eigenvalue weighted by atomic mass is 16.4. The average molecular weight is 157 g/mol. The van der Waals surface area contributed by atoms with Gasteiger partial charge in [-0.25, -0.2) is 0 Å². The highest BCUT2D eigenvalue weighted by molar-refractivity contribution is 5.75. The number of carboxylic acids is 1.